The first kappa shape index (κ1) is 15.5. The van der Waals surface area contributed by atoms with Gasteiger partial charge in [-0.3, -0.25) is 5.10 Å². The van der Waals surface area contributed by atoms with Crippen LogP contribution in [0.1, 0.15) is 5.82 Å². The lowest BCUT2D eigenvalue weighted by Gasteiger charge is -2.05. The first-order chi connectivity index (χ1) is 9.47. The van der Waals surface area contributed by atoms with Gasteiger partial charge in [0, 0.05) is 16.8 Å². The number of thioether (sulfide) groups is 1. The Hall–Kier alpha value is -0.900. The van der Waals surface area contributed by atoms with Crippen molar-refractivity contribution in [2.75, 3.05) is 12.3 Å². The highest BCUT2D eigenvalue weighted by molar-refractivity contribution is 9.10. The molecule has 1 heterocycles. The van der Waals surface area contributed by atoms with Gasteiger partial charge in [0.05, 0.1) is 4.90 Å². The van der Waals surface area contributed by atoms with Gasteiger partial charge >= 0.3 is 0 Å². The minimum atomic E-state index is -3.46. The maximum absolute atomic E-state index is 12.0. The molecule has 0 saturated carbocycles. The summed E-state index contributed by atoms with van der Waals surface area (Å²) < 4.78 is 27.4. The fourth-order valence-electron chi connectivity index (χ4n) is 1.40. The molecule has 0 saturated heterocycles. The zero-order valence-electron chi connectivity index (χ0n) is 10.6. The van der Waals surface area contributed by atoms with Crippen LogP contribution in [0.4, 0.5) is 0 Å². The lowest BCUT2D eigenvalue weighted by molar-refractivity contribution is 0.584. The summed E-state index contributed by atoms with van der Waals surface area (Å²) in [5.41, 5.74) is 0. The minimum Gasteiger partial charge on any atom is -0.262 e. The Kier molecular flexibility index (Phi) is 5.19. The number of aryl methyl sites for hydroxylation is 1. The van der Waals surface area contributed by atoms with Crippen molar-refractivity contribution in [2.24, 2.45) is 0 Å². The molecule has 0 atom stereocenters. The van der Waals surface area contributed by atoms with Gasteiger partial charge in [-0.05, 0) is 31.2 Å². The molecule has 6 nitrogen and oxygen atoms in total. The van der Waals surface area contributed by atoms with Crippen molar-refractivity contribution in [1.82, 2.24) is 19.9 Å². The van der Waals surface area contributed by atoms with Crippen LogP contribution in [0.25, 0.3) is 0 Å². The van der Waals surface area contributed by atoms with Gasteiger partial charge in [-0.2, -0.15) is 0 Å². The van der Waals surface area contributed by atoms with Gasteiger partial charge < -0.3 is 0 Å². The molecular formula is C11H13BrN4O2S2. The van der Waals surface area contributed by atoms with Gasteiger partial charge in [0.15, 0.2) is 0 Å². The van der Waals surface area contributed by atoms with Gasteiger partial charge in [-0.15, -0.1) is 5.10 Å². The number of aromatic nitrogens is 3. The van der Waals surface area contributed by atoms with Crippen molar-refractivity contribution in [3.8, 4) is 0 Å². The van der Waals surface area contributed by atoms with Crippen molar-refractivity contribution in [2.45, 2.75) is 17.0 Å². The third-order valence-electron chi connectivity index (χ3n) is 2.33. The Morgan fingerprint density at radius 3 is 2.65 bits per heavy atom. The monoisotopic (exact) mass is 376 g/mol. The zero-order valence-corrected chi connectivity index (χ0v) is 13.8. The van der Waals surface area contributed by atoms with Crippen molar-refractivity contribution in [3.63, 3.8) is 0 Å². The summed E-state index contributed by atoms with van der Waals surface area (Å²) in [5.74, 6) is 1.30. The molecule has 9 heteroatoms. The summed E-state index contributed by atoms with van der Waals surface area (Å²) in [4.78, 5) is 4.38. The second-order valence-corrected chi connectivity index (χ2v) is 7.65. The molecule has 0 unspecified atom stereocenters. The molecule has 0 bridgehead atoms. The van der Waals surface area contributed by atoms with E-state index in [1.807, 2.05) is 6.92 Å². The highest BCUT2D eigenvalue weighted by atomic mass is 79.9. The summed E-state index contributed by atoms with van der Waals surface area (Å²) in [7, 11) is -3.46. The van der Waals surface area contributed by atoms with E-state index in [2.05, 4.69) is 35.8 Å². The molecule has 1 aromatic heterocycles. The number of halogens is 1. The first-order valence-electron chi connectivity index (χ1n) is 5.74. The molecule has 20 heavy (non-hydrogen) atoms. The Morgan fingerprint density at radius 2 is 2.05 bits per heavy atom. The summed E-state index contributed by atoms with van der Waals surface area (Å²) in [5, 5.41) is 7.31. The van der Waals surface area contributed by atoms with Crippen LogP contribution in [-0.2, 0) is 10.0 Å². The number of H-pyrrole nitrogens is 1. The fourth-order valence-corrected chi connectivity index (χ4v) is 3.53. The molecule has 2 rings (SSSR count). The summed E-state index contributed by atoms with van der Waals surface area (Å²) in [6, 6.07) is 6.50. The molecule has 0 radical (unpaired) electrons. The SMILES string of the molecule is Cc1nc(SCCNS(=O)(=O)c2ccc(Br)cc2)n[nH]1. The van der Waals surface area contributed by atoms with Crippen molar-refractivity contribution in [1.29, 1.82) is 0 Å². The Bertz CT molecular complexity index is 670. The molecule has 1 aromatic carbocycles. The first-order valence-corrected chi connectivity index (χ1v) is 9.00. The summed E-state index contributed by atoms with van der Waals surface area (Å²) in [6.45, 7) is 2.13. The van der Waals surface area contributed by atoms with Crippen LogP contribution in [0.3, 0.4) is 0 Å². The topological polar surface area (TPSA) is 87.7 Å². The summed E-state index contributed by atoms with van der Waals surface area (Å²) in [6.07, 6.45) is 0. The smallest absolute Gasteiger partial charge is 0.240 e. The third-order valence-corrected chi connectivity index (χ3v) is 5.18. The molecule has 0 aliphatic carbocycles. The fraction of sp³-hybridized carbons (Fsp3) is 0.273. The van der Waals surface area contributed by atoms with Crippen molar-refractivity contribution in [3.05, 3.63) is 34.6 Å². The normalized spacial score (nSPS) is 11.7. The van der Waals surface area contributed by atoms with Gasteiger partial charge in [0.25, 0.3) is 0 Å². The third kappa shape index (κ3) is 4.30. The standard InChI is InChI=1S/C11H13BrN4O2S2/c1-8-14-11(16-15-8)19-7-6-13-20(17,18)10-4-2-9(12)3-5-10/h2-5,13H,6-7H2,1H3,(H,14,15,16). The second kappa shape index (κ2) is 6.70. The molecule has 0 spiro atoms. The number of benzene rings is 1. The zero-order chi connectivity index (χ0) is 14.6. The maximum atomic E-state index is 12.0. The van der Waals surface area contributed by atoms with Crippen LogP contribution in [0.5, 0.6) is 0 Å². The number of sulfonamides is 1. The summed E-state index contributed by atoms with van der Waals surface area (Å²) >= 11 is 4.66. The minimum absolute atomic E-state index is 0.249. The molecule has 0 aliphatic heterocycles. The maximum Gasteiger partial charge on any atom is 0.240 e. The highest BCUT2D eigenvalue weighted by Crippen LogP contribution is 2.15. The van der Waals surface area contributed by atoms with Crippen LogP contribution < -0.4 is 4.72 Å². The Balaban J connectivity index is 1.85. The van der Waals surface area contributed by atoms with Crippen LogP contribution in [0.2, 0.25) is 0 Å². The highest BCUT2D eigenvalue weighted by Gasteiger charge is 2.13. The van der Waals surface area contributed by atoms with Crippen molar-refractivity contribution < 1.29 is 8.42 Å². The van der Waals surface area contributed by atoms with E-state index >= 15 is 0 Å². The van der Waals surface area contributed by atoms with E-state index in [1.165, 1.54) is 11.8 Å². The van der Waals surface area contributed by atoms with E-state index in [1.54, 1.807) is 24.3 Å². The van der Waals surface area contributed by atoms with E-state index < -0.39 is 10.0 Å². The number of aromatic amines is 1. The number of nitrogens with zero attached hydrogens (tertiary/aromatic N) is 2. The molecular weight excluding hydrogens is 364 g/mol. The molecule has 0 fully saturated rings. The van der Waals surface area contributed by atoms with E-state index in [9.17, 15) is 8.42 Å². The van der Waals surface area contributed by atoms with Crippen molar-refractivity contribution >= 4 is 37.7 Å². The molecule has 0 amide bonds. The Morgan fingerprint density at radius 1 is 1.35 bits per heavy atom. The van der Waals surface area contributed by atoms with Crippen LogP contribution in [0.15, 0.2) is 38.8 Å². The quantitative estimate of drug-likeness (QED) is 0.594. The lowest BCUT2D eigenvalue weighted by Crippen LogP contribution is -2.26. The predicted molar refractivity (Wildman–Crippen MR) is 81.2 cm³/mol. The Labute approximate surface area is 130 Å². The van der Waals surface area contributed by atoms with Gasteiger partial charge in [0.2, 0.25) is 15.2 Å². The van der Waals surface area contributed by atoms with Gasteiger partial charge in [-0.25, -0.2) is 18.1 Å². The lowest BCUT2D eigenvalue weighted by atomic mass is 10.4. The number of hydrogen-bond donors (Lipinski definition) is 2. The average Bonchev–Trinajstić information content (AvgIpc) is 2.81. The van der Waals surface area contributed by atoms with Crippen LogP contribution in [0, 0.1) is 6.92 Å². The van der Waals surface area contributed by atoms with Crippen LogP contribution >= 0.6 is 27.7 Å². The number of nitrogens with one attached hydrogen (secondary N) is 2. The molecule has 108 valence electrons. The average molecular weight is 377 g/mol. The molecule has 2 N–H and O–H groups in total. The van der Waals surface area contributed by atoms with E-state index in [4.69, 9.17) is 0 Å². The second-order valence-electron chi connectivity index (χ2n) is 3.90. The van der Waals surface area contributed by atoms with Crippen LogP contribution in [-0.4, -0.2) is 35.9 Å². The largest absolute Gasteiger partial charge is 0.262 e. The predicted octanol–water partition coefficient (Wildman–Crippen LogP) is 1.95. The number of rotatable bonds is 6. The number of hydrogen-bond acceptors (Lipinski definition) is 5. The molecule has 2 aromatic rings. The van der Waals surface area contributed by atoms with Gasteiger partial charge in [0.1, 0.15) is 5.82 Å². The van der Waals surface area contributed by atoms with E-state index in [0.717, 1.165) is 10.3 Å². The van der Waals surface area contributed by atoms with E-state index in [-0.39, 0.29) is 4.90 Å². The van der Waals surface area contributed by atoms with E-state index in [0.29, 0.717) is 17.5 Å². The van der Waals surface area contributed by atoms with Gasteiger partial charge in [-0.1, -0.05) is 27.7 Å². The molecule has 0 aliphatic rings.